The van der Waals surface area contributed by atoms with Crippen molar-refractivity contribution in [2.75, 3.05) is 21.2 Å². The molecule has 1 aromatic carbocycles. The zero-order valence-corrected chi connectivity index (χ0v) is 15.6. The minimum Gasteiger partial charge on any atom is -0.497 e. The number of hydrogen-bond donors (Lipinski definition) is 2. The Labute approximate surface area is 145 Å². The fourth-order valence-corrected chi connectivity index (χ4v) is 2.94. The Morgan fingerprint density at radius 1 is 1.38 bits per heavy atom. The van der Waals surface area contributed by atoms with Crippen LogP contribution in [0.25, 0.3) is 0 Å². The van der Waals surface area contributed by atoms with Crippen molar-refractivity contribution in [3.8, 4) is 11.8 Å². The zero-order valence-electron chi connectivity index (χ0n) is 15.6. The van der Waals surface area contributed by atoms with Gasteiger partial charge in [-0.25, -0.2) is 0 Å². The molecule has 0 bridgehead atoms. The number of methoxy groups -OCH3 is 1. The number of ether oxygens (including phenoxy) is 1. The second-order valence-electron chi connectivity index (χ2n) is 6.45. The Bertz CT molecular complexity index is 564. The molecule has 1 aromatic rings. The summed E-state index contributed by atoms with van der Waals surface area (Å²) in [6, 6.07) is 9.79. The molecule has 5 heteroatoms. The van der Waals surface area contributed by atoms with Gasteiger partial charge in [0.05, 0.1) is 25.0 Å². The Kier molecular flexibility index (Phi) is 9.09. The van der Waals surface area contributed by atoms with Crippen molar-refractivity contribution in [1.29, 1.82) is 5.26 Å². The van der Waals surface area contributed by atoms with Crippen LogP contribution in [0, 0.1) is 16.7 Å². The maximum Gasteiger partial charge on any atom is 0.303 e. The van der Waals surface area contributed by atoms with Crippen LogP contribution in [-0.2, 0) is 10.2 Å². The Morgan fingerprint density at radius 3 is 2.38 bits per heavy atom. The van der Waals surface area contributed by atoms with E-state index >= 15 is 0 Å². The lowest BCUT2D eigenvalue weighted by atomic mass is 9.59. The largest absolute Gasteiger partial charge is 0.497 e. The second-order valence-corrected chi connectivity index (χ2v) is 6.45. The Hall–Kier alpha value is -2.06. The van der Waals surface area contributed by atoms with Crippen molar-refractivity contribution in [3.63, 3.8) is 0 Å². The van der Waals surface area contributed by atoms with Crippen molar-refractivity contribution < 1.29 is 14.6 Å². The zero-order chi connectivity index (χ0) is 18.8. The van der Waals surface area contributed by atoms with E-state index in [9.17, 15) is 15.2 Å². The van der Waals surface area contributed by atoms with Gasteiger partial charge in [0.1, 0.15) is 5.75 Å². The van der Waals surface area contributed by atoms with Gasteiger partial charge in [-0.05, 0) is 43.6 Å². The molecule has 134 valence electrons. The van der Waals surface area contributed by atoms with Crippen LogP contribution in [0.2, 0.25) is 0 Å². The van der Waals surface area contributed by atoms with E-state index in [0.717, 1.165) is 12.0 Å². The summed E-state index contributed by atoms with van der Waals surface area (Å²) in [6.07, 6.45) is 1.35. The molecule has 5 nitrogen and oxygen atoms in total. The van der Waals surface area contributed by atoms with Crippen molar-refractivity contribution in [3.05, 3.63) is 29.8 Å². The monoisotopic (exact) mass is 334 g/mol. The summed E-state index contributed by atoms with van der Waals surface area (Å²) in [6.45, 7) is 5.70. The number of carboxylic acids is 1. The van der Waals surface area contributed by atoms with Crippen molar-refractivity contribution >= 4 is 5.97 Å². The maximum atomic E-state index is 11.2. The highest BCUT2D eigenvalue weighted by atomic mass is 16.5. The first-order valence-electron chi connectivity index (χ1n) is 8.10. The normalized spacial score (nSPS) is 13.0. The number of rotatable bonds is 7. The average molecular weight is 334 g/mol. The van der Waals surface area contributed by atoms with Gasteiger partial charge >= 0.3 is 5.97 Å². The molecule has 0 saturated carbocycles. The fraction of sp³-hybridized carbons (Fsp3) is 0.579. The first-order chi connectivity index (χ1) is 11.2. The molecule has 0 radical (unpaired) electrons. The molecule has 1 unspecified atom stereocenters. The van der Waals surface area contributed by atoms with Crippen LogP contribution in [-0.4, -0.2) is 32.3 Å². The highest BCUT2D eigenvalue weighted by Crippen LogP contribution is 2.47. The van der Waals surface area contributed by atoms with Gasteiger partial charge < -0.3 is 15.2 Å². The number of benzene rings is 1. The molecule has 24 heavy (non-hydrogen) atoms. The number of carbonyl (C=O) groups is 1. The Balaban J connectivity index is 0.00000163. The number of nitrogens with zero attached hydrogens (tertiary/aromatic N) is 1. The molecule has 1 atom stereocenters. The Morgan fingerprint density at radius 2 is 1.96 bits per heavy atom. The molecule has 0 aliphatic rings. The van der Waals surface area contributed by atoms with Crippen molar-refractivity contribution in [2.45, 2.75) is 45.4 Å². The van der Waals surface area contributed by atoms with Gasteiger partial charge in [0.15, 0.2) is 0 Å². The van der Waals surface area contributed by atoms with Crippen LogP contribution < -0.4 is 10.1 Å². The lowest BCUT2D eigenvalue weighted by Gasteiger charge is -2.41. The summed E-state index contributed by atoms with van der Waals surface area (Å²) in [5.41, 5.74) is -0.720. The van der Waals surface area contributed by atoms with Gasteiger partial charge in [0.25, 0.3) is 0 Å². The highest BCUT2D eigenvalue weighted by molar-refractivity contribution is 5.68. The third-order valence-electron chi connectivity index (χ3n) is 4.13. The molecule has 0 aliphatic heterocycles. The van der Waals surface area contributed by atoms with E-state index in [2.05, 4.69) is 11.4 Å². The smallest absolute Gasteiger partial charge is 0.303 e. The van der Waals surface area contributed by atoms with Gasteiger partial charge in [-0.15, -0.1) is 0 Å². The summed E-state index contributed by atoms with van der Waals surface area (Å²) in [5, 5.41) is 21.8. The van der Waals surface area contributed by atoms with E-state index in [-0.39, 0.29) is 6.42 Å². The molecule has 0 spiro atoms. The maximum absolute atomic E-state index is 11.2. The molecule has 0 amide bonds. The highest BCUT2D eigenvalue weighted by Gasteiger charge is 2.47. The van der Waals surface area contributed by atoms with Crippen molar-refractivity contribution in [1.82, 2.24) is 5.32 Å². The molecule has 0 saturated heterocycles. The summed E-state index contributed by atoms with van der Waals surface area (Å²) < 4.78 is 5.24. The summed E-state index contributed by atoms with van der Waals surface area (Å²) in [5.74, 6) is -0.215. The minimum absolute atomic E-state index is 0.0578. The third kappa shape index (κ3) is 5.24. The van der Waals surface area contributed by atoms with Crippen LogP contribution in [0.3, 0.4) is 0 Å². The molecular weight excluding hydrogens is 304 g/mol. The van der Waals surface area contributed by atoms with Gasteiger partial charge in [-0.2, -0.15) is 5.26 Å². The first kappa shape index (κ1) is 21.9. The van der Waals surface area contributed by atoms with E-state index in [1.807, 2.05) is 59.1 Å². The van der Waals surface area contributed by atoms with Gasteiger partial charge in [-0.3, -0.25) is 4.79 Å². The molecule has 0 heterocycles. The van der Waals surface area contributed by atoms with E-state index in [1.54, 1.807) is 7.11 Å². The predicted molar refractivity (Wildman–Crippen MR) is 96.2 cm³/mol. The number of hydrogen-bond acceptors (Lipinski definition) is 4. The topological polar surface area (TPSA) is 82.3 Å². The van der Waals surface area contributed by atoms with Crippen molar-refractivity contribution in [2.24, 2.45) is 5.41 Å². The van der Waals surface area contributed by atoms with E-state index in [0.29, 0.717) is 12.2 Å². The quantitative estimate of drug-likeness (QED) is 0.796. The molecule has 0 aromatic heterocycles. The fourth-order valence-electron chi connectivity index (χ4n) is 2.94. The van der Waals surface area contributed by atoms with E-state index in [4.69, 9.17) is 4.74 Å². The van der Waals surface area contributed by atoms with E-state index in [1.165, 1.54) is 0 Å². The SMILES string of the molecule is CCCC(C#N)(c1cccc(OC)c1)C(C)(C)CC(=O)O.CNC. The van der Waals surface area contributed by atoms with Gasteiger partial charge in [0, 0.05) is 0 Å². The molecule has 1 rings (SSSR count). The summed E-state index contributed by atoms with van der Waals surface area (Å²) in [7, 11) is 5.33. The molecule has 0 fully saturated rings. The van der Waals surface area contributed by atoms with E-state index < -0.39 is 16.8 Å². The van der Waals surface area contributed by atoms with Gasteiger partial charge in [-0.1, -0.05) is 39.3 Å². The van der Waals surface area contributed by atoms with Crippen LogP contribution in [0.1, 0.15) is 45.6 Å². The average Bonchev–Trinajstić information content (AvgIpc) is 2.52. The lowest BCUT2D eigenvalue weighted by molar-refractivity contribution is -0.140. The number of carboxylic acid groups (broad SMARTS) is 1. The standard InChI is InChI=1S/C17H23NO3.C2H7N/c1-5-9-17(12-18,16(2,3)11-15(19)20)13-7-6-8-14(10-13)21-4;1-3-2/h6-8,10H,5,9,11H2,1-4H3,(H,19,20);3H,1-2H3. The van der Waals surface area contributed by atoms with Gasteiger partial charge in [0.2, 0.25) is 0 Å². The summed E-state index contributed by atoms with van der Waals surface area (Å²) in [4.78, 5) is 11.2. The molecular formula is C19H30N2O3. The first-order valence-corrected chi connectivity index (χ1v) is 8.10. The number of nitrogens with one attached hydrogen (secondary N) is 1. The third-order valence-corrected chi connectivity index (χ3v) is 4.13. The molecule has 2 N–H and O–H groups in total. The van der Waals surface area contributed by atoms with Crippen LogP contribution in [0.15, 0.2) is 24.3 Å². The number of aliphatic carboxylic acids is 1. The predicted octanol–water partition coefficient (Wildman–Crippen LogP) is 3.59. The van der Waals surface area contributed by atoms with Crippen LogP contribution >= 0.6 is 0 Å². The lowest BCUT2D eigenvalue weighted by Crippen LogP contribution is -2.42. The van der Waals surface area contributed by atoms with Crippen LogP contribution in [0.5, 0.6) is 5.75 Å². The molecule has 0 aliphatic carbocycles. The minimum atomic E-state index is -0.890. The second kappa shape index (κ2) is 9.94. The summed E-state index contributed by atoms with van der Waals surface area (Å²) >= 11 is 0. The number of nitriles is 1. The van der Waals surface area contributed by atoms with Crippen LogP contribution in [0.4, 0.5) is 0 Å².